The summed E-state index contributed by atoms with van der Waals surface area (Å²) < 4.78 is 22.5. The van der Waals surface area contributed by atoms with Crippen molar-refractivity contribution in [2.75, 3.05) is 12.3 Å². The van der Waals surface area contributed by atoms with Crippen molar-refractivity contribution in [2.24, 2.45) is 0 Å². The summed E-state index contributed by atoms with van der Waals surface area (Å²) in [6.45, 7) is -0.568. The van der Waals surface area contributed by atoms with E-state index in [1.165, 1.54) is 4.57 Å². The van der Waals surface area contributed by atoms with E-state index in [4.69, 9.17) is 19.9 Å². The number of nitrogen functional groups attached to an aromatic ring is 1. The van der Waals surface area contributed by atoms with E-state index in [0.29, 0.717) is 0 Å². The predicted octanol–water partition coefficient (Wildman–Crippen LogP) is -1.25. The number of ether oxygens (including phenoxy) is 1. The number of anilines is 1. The number of fused-ring (bicyclic) bond motifs is 1. The predicted molar refractivity (Wildman–Crippen MR) is 82.0 cm³/mol. The molecule has 14 heteroatoms. The molecule has 0 bridgehead atoms. The number of halogens is 1. The standard InChI is InChI=1S/C10H11BrN5O7P/c11-9-13-3-6(14-10(12)15-7(3)19)16(9)8-4(18)5(23-24(20)21)2(1-17)22-8/h2,4-5,8,17-18H,1H2,(H3-,12,14,15,19,20,21)/p+1/t2-,4-,5-,8-/m1/s1. The van der Waals surface area contributed by atoms with Gasteiger partial charge in [-0.15, -0.1) is 9.42 Å². The lowest BCUT2D eigenvalue weighted by atomic mass is 10.1. The van der Waals surface area contributed by atoms with Crippen molar-refractivity contribution in [1.82, 2.24) is 19.5 Å². The van der Waals surface area contributed by atoms with Gasteiger partial charge in [-0.1, -0.05) is 0 Å². The molecule has 130 valence electrons. The number of nitrogens with one attached hydrogen (secondary N) is 1. The molecule has 3 rings (SSSR count). The average Bonchev–Trinajstić information content (AvgIpc) is 2.97. The molecule has 6 N–H and O–H groups in total. The molecule has 24 heavy (non-hydrogen) atoms. The number of hydrogen-bond acceptors (Lipinski definition) is 9. The fourth-order valence-corrected chi connectivity index (χ4v) is 3.53. The largest absolute Gasteiger partial charge is 0.695 e. The van der Waals surface area contributed by atoms with Crippen LogP contribution < -0.4 is 11.3 Å². The van der Waals surface area contributed by atoms with E-state index >= 15 is 0 Å². The van der Waals surface area contributed by atoms with Gasteiger partial charge in [0.15, 0.2) is 28.2 Å². The third-order valence-corrected chi connectivity index (χ3v) is 4.46. The van der Waals surface area contributed by atoms with E-state index in [-0.39, 0.29) is 21.8 Å². The summed E-state index contributed by atoms with van der Waals surface area (Å²) in [5.41, 5.74) is 4.91. The monoisotopic (exact) mass is 424 g/mol. The SMILES string of the molecule is Nc1nc2c(nc(Br)n2[C@@H]2O[C@H](CO)[C@@H](O[P+](=O)O)[C@H]2O)c(=O)[nH]1. The zero-order chi connectivity index (χ0) is 17.6. The number of hydrogen-bond donors (Lipinski definition) is 5. The van der Waals surface area contributed by atoms with E-state index in [9.17, 15) is 19.6 Å². The number of nitrogens with zero attached hydrogens (tertiary/aromatic N) is 3. The number of rotatable bonds is 4. The summed E-state index contributed by atoms with van der Waals surface area (Å²) in [5, 5.41) is 19.7. The van der Waals surface area contributed by atoms with Crippen molar-refractivity contribution in [3.8, 4) is 0 Å². The zero-order valence-electron chi connectivity index (χ0n) is 11.7. The van der Waals surface area contributed by atoms with Crippen molar-refractivity contribution in [3.05, 3.63) is 15.1 Å². The molecular weight excluding hydrogens is 413 g/mol. The Morgan fingerprint density at radius 3 is 2.83 bits per heavy atom. The van der Waals surface area contributed by atoms with E-state index < -0.39 is 45.0 Å². The highest BCUT2D eigenvalue weighted by Gasteiger charge is 2.50. The molecule has 0 saturated carbocycles. The second kappa shape index (κ2) is 6.44. The Hall–Kier alpha value is -1.47. The molecule has 0 amide bonds. The van der Waals surface area contributed by atoms with Crippen LogP contribution in [-0.2, 0) is 13.8 Å². The fourth-order valence-electron chi connectivity index (χ4n) is 2.51. The lowest BCUT2D eigenvalue weighted by Gasteiger charge is -2.17. The number of H-pyrrole nitrogens is 1. The van der Waals surface area contributed by atoms with Crippen LogP contribution in [0, 0.1) is 0 Å². The molecule has 1 fully saturated rings. The fraction of sp³-hybridized carbons (Fsp3) is 0.500. The summed E-state index contributed by atoms with van der Waals surface area (Å²) in [7, 11) is -3.03. The van der Waals surface area contributed by atoms with Crippen LogP contribution in [0.2, 0.25) is 0 Å². The van der Waals surface area contributed by atoms with Gasteiger partial charge in [-0.25, -0.2) is 4.98 Å². The lowest BCUT2D eigenvalue weighted by Crippen LogP contribution is -2.34. The number of aromatic amines is 1. The van der Waals surface area contributed by atoms with Gasteiger partial charge in [-0.3, -0.25) is 14.3 Å². The molecule has 1 aliphatic rings. The summed E-state index contributed by atoms with van der Waals surface area (Å²) in [4.78, 5) is 31.0. The molecule has 0 aliphatic carbocycles. The van der Waals surface area contributed by atoms with Crippen LogP contribution in [0.15, 0.2) is 9.53 Å². The Balaban J connectivity index is 2.09. The molecule has 1 unspecified atom stereocenters. The summed E-state index contributed by atoms with van der Waals surface area (Å²) in [6, 6.07) is 0. The number of aromatic nitrogens is 4. The number of aliphatic hydroxyl groups excluding tert-OH is 2. The van der Waals surface area contributed by atoms with Crippen LogP contribution in [0.4, 0.5) is 5.95 Å². The third-order valence-electron chi connectivity index (χ3n) is 3.48. The van der Waals surface area contributed by atoms with Gasteiger partial charge < -0.3 is 20.7 Å². The van der Waals surface area contributed by atoms with Gasteiger partial charge in [0, 0.05) is 4.57 Å². The van der Waals surface area contributed by atoms with Crippen LogP contribution >= 0.6 is 24.2 Å². The van der Waals surface area contributed by atoms with Crippen molar-refractivity contribution in [1.29, 1.82) is 0 Å². The second-order valence-corrected chi connectivity index (χ2v) is 6.32. The minimum atomic E-state index is -3.03. The Labute approximate surface area is 142 Å². The normalized spacial score (nSPS) is 27.8. The molecule has 2 aromatic rings. The first kappa shape index (κ1) is 17.4. The molecule has 3 heterocycles. The summed E-state index contributed by atoms with van der Waals surface area (Å²) >= 11 is 3.14. The average molecular weight is 425 g/mol. The van der Waals surface area contributed by atoms with Crippen LogP contribution in [-0.4, -0.2) is 59.5 Å². The molecular formula is C10H12BrN5O7P+. The topological polar surface area (TPSA) is 186 Å². The van der Waals surface area contributed by atoms with E-state index in [1.807, 2.05) is 0 Å². The van der Waals surface area contributed by atoms with E-state index in [0.717, 1.165) is 0 Å². The highest BCUT2D eigenvalue weighted by atomic mass is 79.9. The van der Waals surface area contributed by atoms with Gasteiger partial charge in [-0.05, 0) is 15.9 Å². The van der Waals surface area contributed by atoms with Gasteiger partial charge in [0.1, 0.15) is 12.2 Å². The maximum Gasteiger partial charge on any atom is 0.695 e. The Morgan fingerprint density at radius 2 is 2.21 bits per heavy atom. The Kier molecular flexibility index (Phi) is 4.66. The summed E-state index contributed by atoms with van der Waals surface area (Å²) in [5.74, 6) is -0.168. The molecule has 0 aromatic carbocycles. The minimum Gasteiger partial charge on any atom is -0.394 e. The Morgan fingerprint density at radius 1 is 1.50 bits per heavy atom. The third kappa shape index (κ3) is 2.84. The number of nitrogens with two attached hydrogens (primary N) is 1. The molecule has 1 saturated heterocycles. The molecule has 1 aliphatic heterocycles. The van der Waals surface area contributed by atoms with Crippen LogP contribution in [0.25, 0.3) is 11.2 Å². The van der Waals surface area contributed by atoms with Crippen molar-refractivity contribution in [2.45, 2.75) is 24.5 Å². The molecule has 12 nitrogen and oxygen atoms in total. The lowest BCUT2D eigenvalue weighted by molar-refractivity contribution is -0.0514. The van der Waals surface area contributed by atoms with Crippen LogP contribution in [0.3, 0.4) is 0 Å². The molecule has 0 radical (unpaired) electrons. The highest BCUT2D eigenvalue weighted by molar-refractivity contribution is 9.10. The van der Waals surface area contributed by atoms with Gasteiger partial charge in [0.2, 0.25) is 5.95 Å². The van der Waals surface area contributed by atoms with Gasteiger partial charge in [-0.2, -0.15) is 4.98 Å². The van der Waals surface area contributed by atoms with E-state index in [1.54, 1.807) is 0 Å². The first-order valence-corrected chi connectivity index (χ1v) is 8.46. The van der Waals surface area contributed by atoms with Crippen LogP contribution in [0.1, 0.15) is 6.23 Å². The van der Waals surface area contributed by atoms with Gasteiger partial charge >= 0.3 is 8.25 Å². The summed E-state index contributed by atoms with van der Waals surface area (Å²) in [6.07, 6.45) is -4.96. The van der Waals surface area contributed by atoms with E-state index in [2.05, 4.69) is 30.9 Å². The molecule has 2 aromatic heterocycles. The van der Waals surface area contributed by atoms with Crippen LogP contribution in [0.5, 0.6) is 0 Å². The maximum atomic E-state index is 11.9. The minimum absolute atomic E-state index is 0.0258. The number of aliphatic hydroxyl groups is 2. The maximum absolute atomic E-state index is 11.9. The molecule has 0 spiro atoms. The number of imidazole rings is 1. The first-order chi connectivity index (χ1) is 11.3. The van der Waals surface area contributed by atoms with Crippen molar-refractivity contribution >= 4 is 41.3 Å². The Bertz CT molecular complexity index is 856. The zero-order valence-corrected chi connectivity index (χ0v) is 14.2. The molecule has 5 atom stereocenters. The van der Waals surface area contributed by atoms with Gasteiger partial charge in [0.25, 0.3) is 5.56 Å². The quantitative estimate of drug-likeness (QED) is 0.293. The smallest absolute Gasteiger partial charge is 0.394 e. The van der Waals surface area contributed by atoms with Crippen molar-refractivity contribution in [3.63, 3.8) is 0 Å². The second-order valence-electron chi connectivity index (χ2n) is 4.92. The van der Waals surface area contributed by atoms with Crippen molar-refractivity contribution < 1.29 is 28.9 Å². The first-order valence-electron chi connectivity index (χ1n) is 6.54. The highest BCUT2D eigenvalue weighted by Crippen LogP contribution is 2.38. The van der Waals surface area contributed by atoms with Gasteiger partial charge in [0.05, 0.1) is 6.61 Å².